The molecule has 1 fully saturated rings. The molecule has 0 radical (unpaired) electrons. The Labute approximate surface area is 110 Å². The molecule has 0 unspecified atom stereocenters. The molecule has 0 spiro atoms. The van der Waals surface area contributed by atoms with Crippen molar-refractivity contribution in [1.82, 2.24) is 5.32 Å². The van der Waals surface area contributed by atoms with Gasteiger partial charge in [0.1, 0.15) is 0 Å². The maximum atomic E-state index is 12.9. The van der Waals surface area contributed by atoms with Gasteiger partial charge < -0.3 is 5.32 Å². The predicted molar refractivity (Wildman–Crippen MR) is 65.6 cm³/mol. The summed E-state index contributed by atoms with van der Waals surface area (Å²) in [6.45, 7) is 3.52. The fraction of sp³-hybridized carbons (Fsp3) is 0.500. The van der Waals surface area contributed by atoms with E-state index < -0.39 is 11.7 Å². The average molecular weight is 271 g/mol. The lowest BCUT2D eigenvalue weighted by Gasteiger charge is -2.13. The summed E-state index contributed by atoms with van der Waals surface area (Å²) in [5.74, 6) is -0.489. The Morgan fingerprint density at radius 1 is 1.32 bits per heavy atom. The van der Waals surface area contributed by atoms with Gasteiger partial charge in [0, 0.05) is 17.9 Å². The highest BCUT2D eigenvalue weighted by atomic mass is 19.4. The monoisotopic (exact) mass is 271 g/mol. The summed E-state index contributed by atoms with van der Waals surface area (Å²) >= 11 is 0. The fourth-order valence-electron chi connectivity index (χ4n) is 2.13. The number of alkyl halides is 3. The van der Waals surface area contributed by atoms with Crippen LogP contribution in [0.3, 0.4) is 0 Å². The maximum absolute atomic E-state index is 12.9. The molecule has 0 heterocycles. The second kappa shape index (κ2) is 4.87. The SMILES string of the molecule is CC(C)C(=O)N[C@H]1C[C@H]1c1ccccc1C(F)(F)F. The number of carbonyl (C=O) groups excluding carboxylic acids is 1. The van der Waals surface area contributed by atoms with E-state index in [2.05, 4.69) is 5.32 Å². The highest BCUT2D eigenvalue weighted by Gasteiger charge is 2.44. The van der Waals surface area contributed by atoms with E-state index in [1.807, 2.05) is 0 Å². The van der Waals surface area contributed by atoms with Crippen molar-refractivity contribution in [2.45, 2.75) is 38.4 Å². The van der Waals surface area contributed by atoms with Crippen LogP contribution in [0.15, 0.2) is 24.3 Å². The van der Waals surface area contributed by atoms with Crippen LogP contribution in [-0.4, -0.2) is 11.9 Å². The van der Waals surface area contributed by atoms with Crippen molar-refractivity contribution in [3.8, 4) is 0 Å². The van der Waals surface area contributed by atoms with Gasteiger partial charge in [-0.25, -0.2) is 0 Å². The lowest BCUT2D eigenvalue weighted by atomic mass is 10.0. The molecular weight excluding hydrogens is 255 g/mol. The molecular formula is C14H16F3NO. The number of hydrogen-bond acceptors (Lipinski definition) is 1. The number of benzene rings is 1. The number of hydrogen-bond donors (Lipinski definition) is 1. The van der Waals surface area contributed by atoms with Crippen molar-refractivity contribution >= 4 is 5.91 Å². The van der Waals surface area contributed by atoms with E-state index in [9.17, 15) is 18.0 Å². The molecule has 0 bridgehead atoms. The summed E-state index contributed by atoms with van der Waals surface area (Å²) in [6, 6.07) is 5.41. The lowest BCUT2D eigenvalue weighted by Crippen LogP contribution is -2.30. The van der Waals surface area contributed by atoms with E-state index in [1.165, 1.54) is 12.1 Å². The summed E-state index contributed by atoms with van der Waals surface area (Å²) in [4.78, 5) is 11.5. The Bertz CT molecular complexity index is 482. The molecule has 0 aromatic heterocycles. The summed E-state index contributed by atoms with van der Waals surface area (Å²) in [5, 5.41) is 2.77. The smallest absolute Gasteiger partial charge is 0.353 e. The predicted octanol–water partition coefficient (Wildman–Crippen LogP) is 3.33. The van der Waals surface area contributed by atoms with Gasteiger partial charge in [0.15, 0.2) is 0 Å². The van der Waals surface area contributed by atoms with Crippen molar-refractivity contribution < 1.29 is 18.0 Å². The molecule has 1 aromatic carbocycles. The van der Waals surface area contributed by atoms with Crippen molar-refractivity contribution in [1.29, 1.82) is 0 Å². The summed E-state index contributed by atoms with van der Waals surface area (Å²) in [6.07, 6.45) is -3.77. The Balaban J connectivity index is 2.12. The Hall–Kier alpha value is -1.52. The minimum atomic E-state index is -4.34. The molecule has 1 aliphatic carbocycles. The first-order valence-electron chi connectivity index (χ1n) is 6.27. The summed E-state index contributed by atoms with van der Waals surface area (Å²) < 4.78 is 38.6. The van der Waals surface area contributed by atoms with Crippen molar-refractivity contribution in [3.63, 3.8) is 0 Å². The third-order valence-corrected chi connectivity index (χ3v) is 3.31. The van der Waals surface area contributed by atoms with E-state index >= 15 is 0 Å². The average Bonchev–Trinajstić information content (AvgIpc) is 3.07. The highest BCUT2D eigenvalue weighted by Crippen LogP contribution is 2.46. The third kappa shape index (κ3) is 3.08. The molecule has 2 rings (SSSR count). The van der Waals surface area contributed by atoms with Crippen molar-refractivity contribution in [3.05, 3.63) is 35.4 Å². The molecule has 2 nitrogen and oxygen atoms in total. The van der Waals surface area contributed by atoms with E-state index in [0.29, 0.717) is 6.42 Å². The van der Waals surface area contributed by atoms with Crippen LogP contribution in [0.5, 0.6) is 0 Å². The zero-order valence-corrected chi connectivity index (χ0v) is 10.8. The second-order valence-electron chi connectivity index (χ2n) is 5.20. The van der Waals surface area contributed by atoms with Gasteiger partial charge in [-0.05, 0) is 18.1 Å². The zero-order chi connectivity index (χ0) is 14.2. The van der Waals surface area contributed by atoms with Crippen LogP contribution in [0.1, 0.15) is 37.3 Å². The Morgan fingerprint density at radius 2 is 1.95 bits per heavy atom. The first kappa shape index (κ1) is 13.9. The Morgan fingerprint density at radius 3 is 2.53 bits per heavy atom. The topological polar surface area (TPSA) is 29.1 Å². The molecule has 1 aliphatic rings. The maximum Gasteiger partial charge on any atom is 0.416 e. The van der Waals surface area contributed by atoms with Gasteiger partial charge in [-0.2, -0.15) is 13.2 Å². The van der Waals surface area contributed by atoms with Gasteiger partial charge in [-0.15, -0.1) is 0 Å². The molecule has 1 N–H and O–H groups in total. The fourth-order valence-corrected chi connectivity index (χ4v) is 2.13. The van der Waals surface area contributed by atoms with Crippen LogP contribution in [-0.2, 0) is 11.0 Å². The minimum absolute atomic E-state index is 0.114. The van der Waals surface area contributed by atoms with Crippen molar-refractivity contribution in [2.75, 3.05) is 0 Å². The summed E-state index contributed by atoms with van der Waals surface area (Å²) in [7, 11) is 0. The zero-order valence-electron chi connectivity index (χ0n) is 10.8. The quantitative estimate of drug-likeness (QED) is 0.897. The van der Waals surface area contributed by atoms with Gasteiger partial charge >= 0.3 is 6.18 Å². The molecule has 1 amide bonds. The molecule has 0 saturated heterocycles. The number of carbonyl (C=O) groups is 1. The van der Waals surface area contributed by atoms with Crippen LogP contribution in [0.25, 0.3) is 0 Å². The van der Waals surface area contributed by atoms with Gasteiger partial charge in [0.05, 0.1) is 5.56 Å². The molecule has 1 saturated carbocycles. The molecule has 5 heteroatoms. The van der Waals surface area contributed by atoms with E-state index in [0.717, 1.165) is 6.07 Å². The Kier molecular flexibility index (Phi) is 3.56. The largest absolute Gasteiger partial charge is 0.416 e. The van der Waals surface area contributed by atoms with Crippen molar-refractivity contribution in [2.24, 2.45) is 5.92 Å². The molecule has 19 heavy (non-hydrogen) atoms. The highest BCUT2D eigenvalue weighted by molar-refractivity contribution is 5.78. The van der Waals surface area contributed by atoms with Crippen LogP contribution >= 0.6 is 0 Å². The number of nitrogens with one attached hydrogen (secondary N) is 1. The number of rotatable bonds is 3. The van der Waals surface area contributed by atoms with Gasteiger partial charge in [0.2, 0.25) is 5.91 Å². The number of halogens is 3. The standard InChI is InChI=1S/C14H16F3NO/c1-8(2)13(19)18-12-7-10(12)9-5-3-4-6-11(9)14(15,16)17/h3-6,8,10,12H,7H2,1-2H3,(H,18,19)/t10-,12-/m0/s1. The molecule has 1 aromatic rings. The van der Waals surface area contributed by atoms with E-state index in [-0.39, 0.29) is 29.3 Å². The minimum Gasteiger partial charge on any atom is -0.353 e. The molecule has 2 atom stereocenters. The molecule has 104 valence electrons. The van der Waals surface area contributed by atoms with Crippen LogP contribution in [0.2, 0.25) is 0 Å². The lowest BCUT2D eigenvalue weighted by molar-refractivity contribution is -0.138. The first-order valence-corrected chi connectivity index (χ1v) is 6.27. The van der Waals surface area contributed by atoms with E-state index in [4.69, 9.17) is 0 Å². The van der Waals surface area contributed by atoms with Gasteiger partial charge in [0.25, 0.3) is 0 Å². The van der Waals surface area contributed by atoms with E-state index in [1.54, 1.807) is 19.9 Å². The first-order chi connectivity index (χ1) is 8.80. The normalized spacial score (nSPS) is 22.4. The molecule has 0 aliphatic heterocycles. The number of amides is 1. The summed E-state index contributed by atoms with van der Waals surface area (Å²) in [5.41, 5.74) is -0.314. The van der Waals surface area contributed by atoms with Crippen LogP contribution < -0.4 is 5.32 Å². The van der Waals surface area contributed by atoms with Gasteiger partial charge in [-0.3, -0.25) is 4.79 Å². The van der Waals surface area contributed by atoms with Crippen LogP contribution in [0, 0.1) is 5.92 Å². The van der Waals surface area contributed by atoms with Crippen LogP contribution in [0.4, 0.5) is 13.2 Å². The second-order valence-corrected chi connectivity index (χ2v) is 5.20. The third-order valence-electron chi connectivity index (χ3n) is 3.31. The van der Waals surface area contributed by atoms with Gasteiger partial charge in [-0.1, -0.05) is 32.0 Å².